The Morgan fingerprint density at radius 2 is 2.20 bits per heavy atom. The minimum atomic E-state index is -0.0455. The average Bonchev–Trinajstić information content (AvgIpc) is 3.21. The third-order valence-corrected chi connectivity index (χ3v) is 4.55. The third-order valence-electron chi connectivity index (χ3n) is 3.84. The highest BCUT2D eigenvalue weighted by Crippen LogP contribution is 2.45. The summed E-state index contributed by atoms with van der Waals surface area (Å²) in [4.78, 5) is 11.9. The fourth-order valence-electron chi connectivity index (χ4n) is 2.17. The number of nitrogens with one attached hydrogen (secondary N) is 2. The van der Waals surface area contributed by atoms with E-state index in [2.05, 4.69) is 17.6 Å². The summed E-state index contributed by atoms with van der Waals surface area (Å²) in [6, 6.07) is 8.04. The van der Waals surface area contributed by atoms with E-state index in [1.54, 1.807) is 0 Å². The molecule has 0 bridgehead atoms. The van der Waals surface area contributed by atoms with E-state index in [9.17, 15) is 4.79 Å². The molecule has 110 valence electrons. The van der Waals surface area contributed by atoms with Gasteiger partial charge in [0.1, 0.15) is 0 Å². The van der Waals surface area contributed by atoms with Crippen molar-refractivity contribution in [2.75, 3.05) is 6.54 Å². The summed E-state index contributed by atoms with van der Waals surface area (Å²) >= 11 is 6.37. The highest BCUT2D eigenvalue weighted by molar-refractivity contribution is 6.26. The number of alkyl halides is 1. The summed E-state index contributed by atoms with van der Waals surface area (Å²) in [6.45, 7) is 5.62. The average molecular weight is 295 g/mol. The maximum Gasteiger partial charge on any atom is 0.251 e. The van der Waals surface area contributed by atoms with Gasteiger partial charge in [-0.25, -0.2) is 0 Å². The Balaban J connectivity index is 1.90. The van der Waals surface area contributed by atoms with Gasteiger partial charge < -0.3 is 10.6 Å². The summed E-state index contributed by atoms with van der Waals surface area (Å²) in [7, 11) is 0. The number of carbonyl (C=O) groups is 1. The Morgan fingerprint density at radius 1 is 1.45 bits per heavy atom. The van der Waals surface area contributed by atoms with Crippen LogP contribution in [0.2, 0.25) is 0 Å². The van der Waals surface area contributed by atoms with Crippen LogP contribution in [0.3, 0.4) is 0 Å². The Hall–Kier alpha value is -1.06. The number of amides is 1. The molecule has 1 aliphatic rings. The number of halogens is 1. The quantitative estimate of drug-likeness (QED) is 0.759. The highest BCUT2D eigenvalue weighted by atomic mass is 35.5. The monoisotopic (exact) mass is 294 g/mol. The maximum absolute atomic E-state index is 11.9. The van der Waals surface area contributed by atoms with Crippen molar-refractivity contribution in [2.24, 2.45) is 0 Å². The largest absolute Gasteiger partial charge is 0.352 e. The molecular weight excluding hydrogens is 272 g/mol. The van der Waals surface area contributed by atoms with Gasteiger partial charge in [0.05, 0.1) is 4.87 Å². The van der Waals surface area contributed by atoms with Crippen LogP contribution < -0.4 is 10.6 Å². The summed E-state index contributed by atoms with van der Waals surface area (Å²) in [6.07, 6.45) is 3.12. The molecule has 1 fully saturated rings. The second-order valence-corrected chi connectivity index (χ2v) is 6.35. The molecule has 20 heavy (non-hydrogen) atoms. The third kappa shape index (κ3) is 3.97. The van der Waals surface area contributed by atoms with E-state index in [1.807, 2.05) is 31.2 Å². The van der Waals surface area contributed by atoms with E-state index >= 15 is 0 Å². The van der Waals surface area contributed by atoms with Gasteiger partial charge in [-0.1, -0.05) is 19.1 Å². The molecule has 0 saturated heterocycles. The molecule has 1 aliphatic carbocycles. The zero-order chi connectivity index (χ0) is 14.6. The molecule has 2 N–H and O–H groups in total. The SMILES string of the molecule is CCCNC(=O)c1cccc(CNC(C)C2(Cl)CC2)c1. The second kappa shape index (κ2) is 6.59. The van der Waals surface area contributed by atoms with Crippen molar-refractivity contribution in [2.45, 2.75) is 50.6 Å². The molecule has 1 aromatic rings. The Labute approximate surface area is 126 Å². The molecule has 1 saturated carbocycles. The molecule has 3 nitrogen and oxygen atoms in total. The maximum atomic E-state index is 11.9. The number of benzene rings is 1. The smallest absolute Gasteiger partial charge is 0.251 e. The lowest BCUT2D eigenvalue weighted by Gasteiger charge is -2.18. The topological polar surface area (TPSA) is 41.1 Å². The zero-order valence-electron chi connectivity index (χ0n) is 12.2. The Morgan fingerprint density at radius 3 is 2.85 bits per heavy atom. The van der Waals surface area contributed by atoms with E-state index < -0.39 is 0 Å². The van der Waals surface area contributed by atoms with Crippen LogP contribution in [0.1, 0.15) is 49.0 Å². The number of hydrogen-bond donors (Lipinski definition) is 2. The lowest BCUT2D eigenvalue weighted by Crippen LogP contribution is -2.35. The van der Waals surface area contributed by atoms with Crippen LogP contribution in [0.5, 0.6) is 0 Å². The Bertz CT molecular complexity index is 471. The summed E-state index contributed by atoms with van der Waals surface area (Å²) in [5.41, 5.74) is 1.83. The van der Waals surface area contributed by atoms with Gasteiger partial charge in [0.15, 0.2) is 0 Å². The molecule has 0 heterocycles. The molecule has 1 aromatic carbocycles. The van der Waals surface area contributed by atoms with Gasteiger partial charge in [-0.05, 0) is 43.9 Å². The molecule has 4 heteroatoms. The van der Waals surface area contributed by atoms with Crippen LogP contribution in [-0.4, -0.2) is 23.4 Å². The van der Waals surface area contributed by atoms with Crippen LogP contribution in [0.4, 0.5) is 0 Å². The fourth-order valence-corrected chi connectivity index (χ4v) is 2.34. The number of carbonyl (C=O) groups excluding carboxylic acids is 1. The van der Waals surface area contributed by atoms with Crippen LogP contribution in [-0.2, 0) is 6.54 Å². The van der Waals surface area contributed by atoms with Gasteiger partial charge in [0, 0.05) is 24.7 Å². The van der Waals surface area contributed by atoms with Crippen molar-refractivity contribution in [3.8, 4) is 0 Å². The van der Waals surface area contributed by atoms with Gasteiger partial charge >= 0.3 is 0 Å². The first-order valence-electron chi connectivity index (χ1n) is 7.34. The molecule has 2 rings (SSSR count). The number of hydrogen-bond acceptors (Lipinski definition) is 2. The van der Waals surface area contributed by atoms with Crippen molar-refractivity contribution in [3.05, 3.63) is 35.4 Å². The van der Waals surface area contributed by atoms with Crippen LogP contribution >= 0.6 is 11.6 Å². The Kier molecular flexibility index (Phi) is 5.06. The first kappa shape index (κ1) is 15.3. The minimum absolute atomic E-state index is 0.00208. The normalized spacial score (nSPS) is 17.6. The predicted octanol–water partition coefficient (Wildman–Crippen LogP) is 3.08. The van der Waals surface area contributed by atoms with Gasteiger partial charge in [-0.3, -0.25) is 4.79 Å². The molecule has 1 amide bonds. The van der Waals surface area contributed by atoms with Gasteiger partial charge in [-0.2, -0.15) is 0 Å². The predicted molar refractivity (Wildman–Crippen MR) is 83.2 cm³/mol. The standard InChI is InChI=1S/C16H23ClN2O/c1-3-9-18-15(20)14-6-4-5-13(10-14)11-19-12(2)16(17)7-8-16/h4-6,10,12,19H,3,7-9,11H2,1-2H3,(H,18,20). The second-order valence-electron chi connectivity index (χ2n) is 5.59. The minimum Gasteiger partial charge on any atom is -0.352 e. The van der Waals surface area contributed by atoms with E-state index in [-0.39, 0.29) is 10.8 Å². The van der Waals surface area contributed by atoms with Gasteiger partial charge in [0.25, 0.3) is 5.91 Å². The van der Waals surface area contributed by atoms with Crippen molar-refractivity contribution >= 4 is 17.5 Å². The summed E-state index contributed by atoms with van der Waals surface area (Å²) in [5.74, 6) is -0.00208. The van der Waals surface area contributed by atoms with Crippen LogP contribution in [0, 0.1) is 0 Å². The van der Waals surface area contributed by atoms with Crippen LogP contribution in [0.25, 0.3) is 0 Å². The van der Waals surface area contributed by atoms with E-state index in [1.165, 1.54) is 0 Å². The van der Waals surface area contributed by atoms with Crippen molar-refractivity contribution in [1.82, 2.24) is 10.6 Å². The van der Waals surface area contributed by atoms with E-state index in [0.29, 0.717) is 12.6 Å². The molecule has 0 spiro atoms. The molecule has 0 aliphatic heterocycles. The lowest BCUT2D eigenvalue weighted by atomic mass is 10.1. The number of rotatable bonds is 7. The van der Waals surface area contributed by atoms with Crippen LogP contribution in [0.15, 0.2) is 24.3 Å². The van der Waals surface area contributed by atoms with Crippen molar-refractivity contribution < 1.29 is 4.79 Å². The van der Waals surface area contributed by atoms with Crippen molar-refractivity contribution in [1.29, 1.82) is 0 Å². The van der Waals surface area contributed by atoms with E-state index in [4.69, 9.17) is 11.6 Å². The first-order valence-corrected chi connectivity index (χ1v) is 7.72. The van der Waals surface area contributed by atoms with Gasteiger partial charge in [0.2, 0.25) is 0 Å². The molecule has 1 atom stereocenters. The highest BCUT2D eigenvalue weighted by Gasteiger charge is 2.45. The van der Waals surface area contributed by atoms with Gasteiger partial charge in [-0.15, -0.1) is 11.6 Å². The van der Waals surface area contributed by atoms with Crippen molar-refractivity contribution in [3.63, 3.8) is 0 Å². The van der Waals surface area contributed by atoms with E-state index in [0.717, 1.165) is 36.9 Å². The molecule has 0 aromatic heterocycles. The summed E-state index contributed by atoms with van der Waals surface area (Å²) < 4.78 is 0. The summed E-state index contributed by atoms with van der Waals surface area (Å²) in [5, 5.41) is 6.34. The zero-order valence-corrected chi connectivity index (χ0v) is 13.0. The fraction of sp³-hybridized carbons (Fsp3) is 0.562. The molecular formula is C16H23ClN2O. The molecule has 0 radical (unpaired) electrons. The lowest BCUT2D eigenvalue weighted by molar-refractivity contribution is 0.0953. The first-order chi connectivity index (χ1) is 9.55. The molecule has 1 unspecified atom stereocenters.